The first-order valence-corrected chi connectivity index (χ1v) is 8.14. The quantitative estimate of drug-likeness (QED) is 0.312. The van der Waals surface area contributed by atoms with Crippen molar-refractivity contribution in [1.29, 1.82) is 0 Å². The largest absolute Gasteiger partial charge is 0.455 e. The van der Waals surface area contributed by atoms with E-state index in [1.54, 1.807) is 25.1 Å². The molecule has 0 radical (unpaired) electrons. The summed E-state index contributed by atoms with van der Waals surface area (Å²) in [6.07, 6.45) is 0. The predicted octanol–water partition coefficient (Wildman–Crippen LogP) is 2.86. The minimum absolute atomic E-state index is 0.148. The molecule has 1 heterocycles. The van der Waals surface area contributed by atoms with Crippen LogP contribution in [-0.2, 0) is 14.4 Å². The number of nitrogens with zero attached hydrogens (tertiary/aromatic N) is 1. The molecular weight excluding hydrogens is 376 g/mol. The van der Waals surface area contributed by atoms with Gasteiger partial charge in [-0.15, -0.1) is 0 Å². The molecule has 0 atom stereocenters. The van der Waals surface area contributed by atoms with Crippen LogP contribution in [0, 0.1) is 11.6 Å². The van der Waals surface area contributed by atoms with E-state index in [0.29, 0.717) is 22.8 Å². The molecule has 0 spiro atoms. The van der Waals surface area contributed by atoms with Gasteiger partial charge in [-0.1, -0.05) is 5.16 Å². The number of carbonyl (C=O) groups excluding carboxylic acids is 2. The normalized spacial score (nSPS) is 12.6. The Morgan fingerprint density at radius 2 is 1.86 bits per heavy atom. The first kappa shape index (κ1) is 19.3. The van der Waals surface area contributed by atoms with Crippen molar-refractivity contribution in [3.8, 4) is 11.5 Å². The maximum absolute atomic E-state index is 13.5. The molecule has 0 aliphatic carbocycles. The number of esters is 1. The third-order valence-electron chi connectivity index (χ3n) is 3.77. The number of fused-ring (bicyclic) bond motifs is 1. The molecule has 7 nitrogen and oxygen atoms in total. The summed E-state index contributed by atoms with van der Waals surface area (Å²) in [6, 6.07) is 7.63. The van der Waals surface area contributed by atoms with Crippen molar-refractivity contribution in [1.82, 2.24) is 0 Å². The highest BCUT2D eigenvalue weighted by atomic mass is 19.1. The van der Waals surface area contributed by atoms with Gasteiger partial charge in [-0.25, -0.2) is 13.6 Å². The van der Waals surface area contributed by atoms with Crippen LogP contribution >= 0.6 is 0 Å². The van der Waals surface area contributed by atoms with Gasteiger partial charge in [-0.05, 0) is 43.3 Å². The van der Waals surface area contributed by atoms with Crippen LogP contribution in [0.1, 0.15) is 22.8 Å². The van der Waals surface area contributed by atoms with Crippen molar-refractivity contribution < 1.29 is 37.4 Å². The van der Waals surface area contributed by atoms with Crippen LogP contribution in [0.2, 0.25) is 0 Å². The summed E-state index contributed by atoms with van der Waals surface area (Å²) in [7, 11) is 0. The minimum atomic E-state index is -0.900. The first-order chi connectivity index (χ1) is 13.4. The summed E-state index contributed by atoms with van der Waals surface area (Å²) >= 11 is 0. The van der Waals surface area contributed by atoms with Gasteiger partial charge in [0.2, 0.25) is 19.2 Å². The molecule has 2 aromatic rings. The molecule has 2 aromatic carbocycles. The first-order valence-electron chi connectivity index (χ1n) is 8.14. The van der Waals surface area contributed by atoms with Gasteiger partial charge in [0, 0.05) is 5.56 Å². The van der Waals surface area contributed by atoms with Gasteiger partial charge in [0.1, 0.15) is 11.6 Å². The van der Waals surface area contributed by atoms with Crippen molar-refractivity contribution >= 4 is 17.5 Å². The second kappa shape index (κ2) is 8.47. The van der Waals surface area contributed by atoms with E-state index in [9.17, 15) is 18.4 Å². The van der Waals surface area contributed by atoms with E-state index in [1.807, 2.05) is 0 Å². The van der Waals surface area contributed by atoms with Crippen LogP contribution in [0.25, 0.3) is 0 Å². The smallest absolute Gasteiger partial charge is 0.347 e. The fourth-order valence-corrected chi connectivity index (χ4v) is 2.33. The number of hydrogen-bond donors (Lipinski definition) is 0. The second-order valence-electron chi connectivity index (χ2n) is 5.73. The highest BCUT2D eigenvalue weighted by molar-refractivity contribution is 5.99. The number of hydrogen-bond acceptors (Lipinski definition) is 7. The average molecular weight is 391 g/mol. The Morgan fingerprint density at radius 1 is 1.07 bits per heavy atom. The van der Waals surface area contributed by atoms with E-state index in [4.69, 9.17) is 19.0 Å². The third kappa shape index (κ3) is 4.61. The zero-order chi connectivity index (χ0) is 20.1. The van der Waals surface area contributed by atoms with Gasteiger partial charge >= 0.3 is 5.97 Å². The molecule has 146 valence electrons. The van der Waals surface area contributed by atoms with Crippen molar-refractivity contribution in [3.05, 3.63) is 59.2 Å². The van der Waals surface area contributed by atoms with Gasteiger partial charge in [-0.2, -0.15) is 0 Å². The van der Waals surface area contributed by atoms with Crippen LogP contribution < -0.4 is 9.47 Å². The van der Waals surface area contributed by atoms with Crippen molar-refractivity contribution in [3.63, 3.8) is 0 Å². The number of ketones is 1. The lowest BCUT2D eigenvalue weighted by atomic mass is 10.1. The Balaban J connectivity index is 1.48. The maximum atomic E-state index is 13.5. The molecule has 0 unspecified atom stereocenters. The Labute approximate surface area is 158 Å². The number of benzene rings is 2. The number of oxime groups is 1. The number of rotatable bonds is 7. The number of ether oxygens (including phenoxy) is 3. The van der Waals surface area contributed by atoms with Crippen molar-refractivity contribution in [2.24, 2.45) is 5.16 Å². The van der Waals surface area contributed by atoms with Crippen molar-refractivity contribution in [2.75, 3.05) is 20.0 Å². The van der Waals surface area contributed by atoms with E-state index in [1.165, 1.54) is 0 Å². The minimum Gasteiger partial charge on any atom is -0.455 e. The molecule has 0 amide bonds. The van der Waals surface area contributed by atoms with E-state index in [0.717, 1.165) is 18.2 Å². The Morgan fingerprint density at radius 3 is 2.68 bits per heavy atom. The molecule has 0 bridgehead atoms. The molecular formula is C19H15F2NO6. The molecule has 0 saturated carbocycles. The third-order valence-corrected chi connectivity index (χ3v) is 3.77. The molecule has 1 aliphatic rings. The summed E-state index contributed by atoms with van der Waals surface area (Å²) in [5.74, 6) is -2.22. The summed E-state index contributed by atoms with van der Waals surface area (Å²) < 4.78 is 41.7. The van der Waals surface area contributed by atoms with Crippen LogP contribution in [-0.4, -0.2) is 37.5 Å². The number of carbonyl (C=O) groups is 2. The van der Waals surface area contributed by atoms with Gasteiger partial charge < -0.3 is 19.0 Å². The Hall–Kier alpha value is -3.49. The van der Waals surface area contributed by atoms with E-state index >= 15 is 0 Å². The van der Waals surface area contributed by atoms with Crippen LogP contribution in [0.4, 0.5) is 8.78 Å². The van der Waals surface area contributed by atoms with Gasteiger partial charge in [0.15, 0.2) is 18.1 Å². The molecule has 28 heavy (non-hydrogen) atoms. The molecule has 0 fully saturated rings. The van der Waals surface area contributed by atoms with Crippen molar-refractivity contribution in [2.45, 2.75) is 6.92 Å². The number of Topliss-reactive ketones (excluding diaryl/α,β-unsaturated/α-hetero) is 1. The summed E-state index contributed by atoms with van der Waals surface area (Å²) in [6.45, 7) is 0.517. The SMILES string of the molecule is C/C(=N\OCC(=O)OCC(=O)c1cc(F)ccc1F)c1ccc2c(c1)OCO2. The van der Waals surface area contributed by atoms with E-state index in [2.05, 4.69) is 5.16 Å². The standard InChI is InChI=1S/C19H15F2NO6/c1-11(12-2-5-17-18(6-12)27-10-26-17)22-28-9-19(24)25-8-16(23)14-7-13(20)3-4-15(14)21/h2-7H,8-10H2,1H3/b22-11+. The molecule has 0 aromatic heterocycles. The van der Waals surface area contributed by atoms with Crippen LogP contribution in [0.15, 0.2) is 41.6 Å². The summed E-state index contributed by atoms with van der Waals surface area (Å²) in [5, 5.41) is 3.80. The van der Waals surface area contributed by atoms with E-state index in [-0.39, 0.29) is 6.79 Å². The Kier molecular flexibility index (Phi) is 5.83. The zero-order valence-corrected chi connectivity index (χ0v) is 14.7. The summed E-state index contributed by atoms with van der Waals surface area (Å²) in [5.41, 5.74) is 0.684. The number of halogens is 2. The van der Waals surface area contributed by atoms with E-state index < -0.39 is 42.2 Å². The zero-order valence-electron chi connectivity index (χ0n) is 14.7. The van der Waals surface area contributed by atoms with Crippen LogP contribution in [0.5, 0.6) is 11.5 Å². The topological polar surface area (TPSA) is 83.4 Å². The molecule has 0 saturated heterocycles. The molecule has 3 rings (SSSR count). The molecule has 0 N–H and O–H groups in total. The molecule has 1 aliphatic heterocycles. The predicted molar refractivity (Wildman–Crippen MR) is 92.4 cm³/mol. The second-order valence-corrected chi connectivity index (χ2v) is 5.73. The van der Waals surface area contributed by atoms with Gasteiger partial charge in [0.25, 0.3) is 0 Å². The highest BCUT2D eigenvalue weighted by Crippen LogP contribution is 2.32. The fourth-order valence-electron chi connectivity index (χ4n) is 2.33. The van der Waals surface area contributed by atoms with Gasteiger partial charge in [-0.3, -0.25) is 4.79 Å². The van der Waals surface area contributed by atoms with Gasteiger partial charge in [0.05, 0.1) is 11.3 Å². The lowest BCUT2D eigenvalue weighted by molar-refractivity contribution is -0.147. The Bertz CT molecular complexity index is 944. The maximum Gasteiger partial charge on any atom is 0.347 e. The lowest BCUT2D eigenvalue weighted by Crippen LogP contribution is -2.18. The monoisotopic (exact) mass is 391 g/mol. The fraction of sp³-hybridized carbons (Fsp3) is 0.211. The van der Waals surface area contributed by atoms with Crippen LogP contribution in [0.3, 0.4) is 0 Å². The molecule has 9 heteroatoms. The average Bonchev–Trinajstić information content (AvgIpc) is 3.15. The summed E-state index contributed by atoms with van der Waals surface area (Å²) in [4.78, 5) is 28.3. The lowest BCUT2D eigenvalue weighted by Gasteiger charge is -2.06. The highest BCUT2D eigenvalue weighted by Gasteiger charge is 2.16.